The van der Waals surface area contributed by atoms with Crippen LogP contribution in [0.2, 0.25) is 0 Å². The summed E-state index contributed by atoms with van der Waals surface area (Å²) in [5, 5.41) is 1.16. The Kier molecular flexibility index (Phi) is 3.78. The number of fused-ring (bicyclic) bond motifs is 1. The minimum atomic E-state index is 1.04. The van der Waals surface area contributed by atoms with Gasteiger partial charge in [0.1, 0.15) is 6.33 Å². The van der Waals surface area contributed by atoms with Gasteiger partial charge in [0.25, 0.3) is 0 Å². The van der Waals surface area contributed by atoms with Crippen LogP contribution in [0.4, 0.5) is 0 Å². The van der Waals surface area contributed by atoms with E-state index in [-0.39, 0.29) is 0 Å². The summed E-state index contributed by atoms with van der Waals surface area (Å²) in [6.07, 6.45) is 3.47. The van der Waals surface area contributed by atoms with E-state index < -0.39 is 0 Å². The highest BCUT2D eigenvalue weighted by atomic mass is 14.8. The van der Waals surface area contributed by atoms with Crippen molar-refractivity contribution in [1.29, 1.82) is 0 Å². The number of aryl methyl sites for hydroxylation is 2. The van der Waals surface area contributed by atoms with Gasteiger partial charge in [-0.15, -0.1) is 0 Å². The van der Waals surface area contributed by atoms with Crippen LogP contribution >= 0.6 is 0 Å². The zero-order chi connectivity index (χ0) is 11.4. The molecule has 0 fully saturated rings. The third-order valence-corrected chi connectivity index (χ3v) is 2.65. The summed E-state index contributed by atoms with van der Waals surface area (Å²) in [5.41, 5.74) is 4.96. The largest absolute Gasteiger partial charge is 0.244 e. The molecule has 0 atom stereocenters. The van der Waals surface area contributed by atoms with E-state index in [4.69, 9.17) is 0 Å². The first kappa shape index (κ1) is 11.6. The Morgan fingerprint density at radius 3 is 2.33 bits per heavy atom. The van der Waals surface area contributed by atoms with Gasteiger partial charge in [0.05, 0.1) is 5.52 Å². The Labute approximate surface area is 91.4 Å². The second kappa shape index (κ2) is 4.87. The van der Waals surface area contributed by atoms with Gasteiger partial charge in [-0.05, 0) is 43.5 Å². The van der Waals surface area contributed by atoms with E-state index in [2.05, 4.69) is 36.8 Å². The summed E-state index contributed by atoms with van der Waals surface area (Å²) in [6.45, 7) is 10.4. The van der Waals surface area contributed by atoms with Crippen molar-refractivity contribution in [2.45, 2.75) is 34.6 Å². The van der Waals surface area contributed by atoms with Crippen molar-refractivity contribution in [3.63, 3.8) is 0 Å². The molecular weight excluding hydrogens is 184 g/mol. The number of hydrogen-bond acceptors (Lipinski definition) is 2. The molecule has 1 heterocycles. The van der Waals surface area contributed by atoms with Crippen LogP contribution in [0.3, 0.4) is 0 Å². The molecule has 0 saturated heterocycles. The van der Waals surface area contributed by atoms with Crippen LogP contribution in [0.15, 0.2) is 18.6 Å². The van der Waals surface area contributed by atoms with Gasteiger partial charge in [-0.2, -0.15) is 0 Å². The molecule has 0 unspecified atom stereocenters. The maximum Gasteiger partial charge on any atom is 0.116 e. The van der Waals surface area contributed by atoms with Crippen LogP contribution in [-0.4, -0.2) is 9.97 Å². The van der Waals surface area contributed by atoms with Crippen molar-refractivity contribution < 1.29 is 0 Å². The molecule has 0 N–H and O–H groups in total. The maximum absolute atomic E-state index is 4.23. The van der Waals surface area contributed by atoms with E-state index in [0.29, 0.717) is 0 Å². The third kappa shape index (κ3) is 2.14. The lowest BCUT2D eigenvalue weighted by Gasteiger charge is -2.07. The third-order valence-electron chi connectivity index (χ3n) is 2.65. The molecule has 2 nitrogen and oxygen atoms in total. The van der Waals surface area contributed by atoms with Gasteiger partial charge >= 0.3 is 0 Å². The van der Waals surface area contributed by atoms with Gasteiger partial charge in [0.2, 0.25) is 0 Å². The average molecular weight is 202 g/mol. The highest BCUT2D eigenvalue weighted by Crippen LogP contribution is 2.21. The van der Waals surface area contributed by atoms with Gasteiger partial charge in [-0.1, -0.05) is 13.8 Å². The molecule has 1 aromatic carbocycles. The Morgan fingerprint density at radius 2 is 1.67 bits per heavy atom. The summed E-state index contributed by atoms with van der Waals surface area (Å²) in [4.78, 5) is 8.27. The minimum Gasteiger partial charge on any atom is -0.244 e. The maximum atomic E-state index is 4.23. The molecule has 1 aromatic heterocycles. The molecule has 0 aliphatic rings. The molecule has 0 radical (unpaired) electrons. The first-order valence-corrected chi connectivity index (χ1v) is 5.36. The summed E-state index contributed by atoms with van der Waals surface area (Å²) in [6, 6.07) is 2.11. The second-order valence-electron chi connectivity index (χ2n) is 3.40. The van der Waals surface area contributed by atoms with Crippen molar-refractivity contribution in [2.75, 3.05) is 0 Å². The number of rotatable bonds is 0. The Morgan fingerprint density at radius 1 is 1.00 bits per heavy atom. The van der Waals surface area contributed by atoms with E-state index in [0.717, 1.165) is 10.9 Å². The molecule has 0 bridgehead atoms. The van der Waals surface area contributed by atoms with E-state index in [1.54, 1.807) is 6.33 Å². The van der Waals surface area contributed by atoms with E-state index in [1.807, 2.05) is 20.0 Å². The molecule has 80 valence electrons. The van der Waals surface area contributed by atoms with E-state index >= 15 is 0 Å². The Bertz CT molecular complexity index is 461. The van der Waals surface area contributed by atoms with Crippen LogP contribution in [-0.2, 0) is 0 Å². The smallest absolute Gasteiger partial charge is 0.116 e. The molecule has 0 aliphatic heterocycles. The molecular formula is C13H18N2. The predicted molar refractivity (Wildman–Crippen MR) is 65.1 cm³/mol. The summed E-state index contributed by atoms with van der Waals surface area (Å²) >= 11 is 0. The summed E-state index contributed by atoms with van der Waals surface area (Å²) in [5.74, 6) is 0. The van der Waals surface area contributed by atoms with Crippen molar-refractivity contribution in [3.05, 3.63) is 35.3 Å². The molecule has 0 spiro atoms. The van der Waals surface area contributed by atoms with Gasteiger partial charge in [0, 0.05) is 11.6 Å². The molecule has 15 heavy (non-hydrogen) atoms. The molecule has 2 rings (SSSR count). The zero-order valence-corrected chi connectivity index (χ0v) is 10.1. The highest BCUT2D eigenvalue weighted by Gasteiger charge is 2.03. The fourth-order valence-electron chi connectivity index (χ4n) is 1.55. The number of benzene rings is 1. The van der Waals surface area contributed by atoms with Gasteiger partial charge < -0.3 is 0 Å². The molecule has 2 aromatic rings. The normalized spacial score (nSPS) is 9.67. The van der Waals surface area contributed by atoms with E-state index in [1.165, 1.54) is 16.7 Å². The summed E-state index contributed by atoms with van der Waals surface area (Å²) < 4.78 is 0. The zero-order valence-electron chi connectivity index (χ0n) is 10.1. The van der Waals surface area contributed by atoms with Gasteiger partial charge in [-0.25, -0.2) is 9.97 Å². The van der Waals surface area contributed by atoms with Crippen LogP contribution < -0.4 is 0 Å². The quantitative estimate of drug-likeness (QED) is 0.652. The van der Waals surface area contributed by atoms with Crippen molar-refractivity contribution in [3.8, 4) is 0 Å². The first-order chi connectivity index (χ1) is 7.20. The minimum absolute atomic E-state index is 1.04. The monoisotopic (exact) mass is 202 g/mol. The average Bonchev–Trinajstić information content (AvgIpc) is 2.29. The lowest BCUT2D eigenvalue weighted by molar-refractivity contribution is 1.20. The van der Waals surface area contributed by atoms with Crippen LogP contribution in [0, 0.1) is 20.8 Å². The highest BCUT2D eigenvalue weighted by molar-refractivity contribution is 5.83. The number of nitrogens with zero attached hydrogens (tertiary/aromatic N) is 2. The Hall–Kier alpha value is -1.44. The number of hydrogen-bond donors (Lipinski definition) is 0. The molecule has 0 saturated carbocycles. The predicted octanol–water partition coefficient (Wildman–Crippen LogP) is 3.58. The van der Waals surface area contributed by atoms with Gasteiger partial charge in [-0.3, -0.25) is 0 Å². The standard InChI is InChI=1S/C11H12N2.C2H6/c1-7-4-11-10(5-12-6-13-11)9(3)8(7)2;1-2/h4-6H,1-3H3;1-2H3. The van der Waals surface area contributed by atoms with Crippen molar-refractivity contribution in [1.82, 2.24) is 9.97 Å². The fraction of sp³-hybridized carbons (Fsp3) is 0.385. The molecule has 0 amide bonds. The first-order valence-electron chi connectivity index (χ1n) is 5.36. The summed E-state index contributed by atoms with van der Waals surface area (Å²) in [7, 11) is 0. The topological polar surface area (TPSA) is 25.8 Å². The van der Waals surface area contributed by atoms with Crippen molar-refractivity contribution >= 4 is 10.9 Å². The second-order valence-corrected chi connectivity index (χ2v) is 3.40. The SMILES string of the molecule is CC.Cc1cc2ncncc2c(C)c1C. The van der Waals surface area contributed by atoms with E-state index in [9.17, 15) is 0 Å². The van der Waals surface area contributed by atoms with Gasteiger partial charge in [0.15, 0.2) is 0 Å². The molecule has 0 aliphatic carbocycles. The fourth-order valence-corrected chi connectivity index (χ4v) is 1.55. The van der Waals surface area contributed by atoms with Crippen LogP contribution in [0.25, 0.3) is 10.9 Å². The molecule has 2 heteroatoms. The van der Waals surface area contributed by atoms with Crippen LogP contribution in [0.1, 0.15) is 30.5 Å². The lowest BCUT2D eigenvalue weighted by Crippen LogP contribution is -1.91. The van der Waals surface area contributed by atoms with Crippen molar-refractivity contribution in [2.24, 2.45) is 0 Å². The number of aromatic nitrogens is 2. The van der Waals surface area contributed by atoms with Crippen LogP contribution in [0.5, 0.6) is 0 Å². The lowest BCUT2D eigenvalue weighted by atomic mass is 10.0. The Balaban J connectivity index is 0.000000531.